The van der Waals surface area contributed by atoms with Crippen LogP contribution in [0.25, 0.3) is 0 Å². The highest BCUT2D eigenvalue weighted by Gasteiger charge is 2.56. The molecular formula is C25H29NO5. The molecule has 1 aliphatic rings. The van der Waals surface area contributed by atoms with Crippen LogP contribution in [0.5, 0.6) is 0 Å². The van der Waals surface area contributed by atoms with Crippen LogP contribution < -0.4 is 0 Å². The van der Waals surface area contributed by atoms with Crippen molar-refractivity contribution in [1.82, 2.24) is 4.90 Å². The van der Waals surface area contributed by atoms with Crippen LogP contribution in [0.4, 0.5) is 4.79 Å². The molecule has 2 aromatic rings. The number of carbonyl (C=O) groups is 2. The van der Waals surface area contributed by atoms with Gasteiger partial charge in [-0.05, 0) is 38.8 Å². The third-order valence-corrected chi connectivity index (χ3v) is 5.54. The van der Waals surface area contributed by atoms with Gasteiger partial charge in [0, 0.05) is 0 Å². The maximum atomic E-state index is 13.8. The van der Waals surface area contributed by atoms with E-state index in [1.165, 1.54) is 13.0 Å². The van der Waals surface area contributed by atoms with Gasteiger partial charge in [-0.25, -0.2) is 9.69 Å². The van der Waals surface area contributed by atoms with Crippen molar-refractivity contribution in [2.24, 2.45) is 0 Å². The molecule has 6 heteroatoms. The Labute approximate surface area is 183 Å². The molecule has 1 aliphatic heterocycles. The third-order valence-electron chi connectivity index (χ3n) is 5.54. The summed E-state index contributed by atoms with van der Waals surface area (Å²) >= 11 is 0. The van der Waals surface area contributed by atoms with Crippen LogP contribution in [0, 0.1) is 0 Å². The topological polar surface area (TPSA) is 76.1 Å². The van der Waals surface area contributed by atoms with Crippen LogP contribution in [-0.4, -0.2) is 39.3 Å². The summed E-state index contributed by atoms with van der Waals surface area (Å²) in [5.41, 5.74) is -1.04. The predicted molar refractivity (Wildman–Crippen MR) is 117 cm³/mol. The second-order valence-corrected chi connectivity index (χ2v) is 8.31. The van der Waals surface area contributed by atoms with E-state index in [2.05, 4.69) is 0 Å². The summed E-state index contributed by atoms with van der Waals surface area (Å²) in [4.78, 5) is 27.7. The molecule has 0 saturated carbocycles. The van der Waals surface area contributed by atoms with Crippen molar-refractivity contribution in [3.8, 4) is 0 Å². The molecule has 2 aromatic carbocycles. The smallest absolute Gasteiger partial charge is 0.417 e. The fraction of sp³-hybridized carbons (Fsp3) is 0.360. The van der Waals surface area contributed by atoms with Gasteiger partial charge in [0.2, 0.25) is 0 Å². The Hall–Kier alpha value is -2.96. The average molecular weight is 424 g/mol. The van der Waals surface area contributed by atoms with Crippen LogP contribution in [0.3, 0.4) is 0 Å². The van der Waals surface area contributed by atoms with E-state index in [0.717, 1.165) is 16.0 Å². The van der Waals surface area contributed by atoms with Gasteiger partial charge >= 0.3 is 6.09 Å². The predicted octanol–water partition coefficient (Wildman–Crippen LogP) is 4.40. The molecule has 0 spiro atoms. The third kappa shape index (κ3) is 4.55. The van der Waals surface area contributed by atoms with Crippen molar-refractivity contribution >= 4 is 12.0 Å². The van der Waals surface area contributed by atoms with E-state index < -0.39 is 35.3 Å². The summed E-state index contributed by atoms with van der Waals surface area (Å²) in [6.45, 7) is 6.87. The number of amides is 2. The van der Waals surface area contributed by atoms with E-state index in [1.807, 2.05) is 60.7 Å². The molecule has 0 aromatic heterocycles. The maximum Gasteiger partial charge on any atom is 0.417 e. The number of hydrogen-bond acceptors (Lipinski definition) is 5. The first-order valence-corrected chi connectivity index (χ1v) is 10.3. The Kier molecular flexibility index (Phi) is 6.62. The van der Waals surface area contributed by atoms with Gasteiger partial charge < -0.3 is 14.6 Å². The molecule has 1 saturated heterocycles. The average Bonchev–Trinajstić information content (AvgIpc) is 3.00. The minimum atomic E-state index is -1.70. The number of allylic oxidation sites excluding steroid dienone is 1. The molecule has 0 bridgehead atoms. The number of cyclic esters (lactones) is 1. The Bertz CT molecular complexity index is 941. The van der Waals surface area contributed by atoms with E-state index in [4.69, 9.17) is 9.47 Å². The van der Waals surface area contributed by atoms with E-state index >= 15 is 0 Å². The monoisotopic (exact) mass is 423 g/mol. The highest BCUT2D eigenvalue weighted by molar-refractivity contribution is 5.99. The number of nitrogens with zero attached hydrogens (tertiary/aromatic N) is 1. The lowest BCUT2D eigenvalue weighted by atomic mass is 9.89. The van der Waals surface area contributed by atoms with Crippen molar-refractivity contribution in [2.75, 3.05) is 0 Å². The van der Waals surface area contributed by atoms with Gasteiger partial charge in [-0.1, -0.05) is 72.8 Å². The van der Waals surface area contributed by atoms with Crippen molar-refractivity contribution < 1.29 is 24.2 Å². The Balaban J connectivity index is 1.99. The molecule has 1 fully saturated rings. The summed E-state index contributed by atoms with van der Waals surface area (Å²) in [5.74, 6) is -0.654. The Morgan fingerprint density at radius 1 is 1.19 bits per heavy atom. The number of carbonyl (C=O) groups excluding carboxylic acids is 2. The molecule has 164 valence electrons. The first-order chi connectivity index (χ1) is 14.7. The molecule has 0 radical (unpaired) electrons. The molecule has 1 heterocycles. The van der Waals surface area contributed by atoms with Gasteiger partial charge in [-0.15, -0.1) is 0 Å². The lowest BCUT2D eigenvalue weighted by Crippen LogP contribution is -2.56. The largest absolute Gasteiger partial charge is 0.440 e. The lowest BCUT2D eigenvalue weighted by molar-refractivity contribution is -0.169. The van der Waals surface area contributed by atoms with E-state index in [0.29, 0.717) is 0 Å². The second-order valence-electron chi connectivity index (χ2n) is 8.31. The van der Waals surface area contributed by atoms with Crippen LogP contribution in [0.15, 0.2) is 72.8 Å². The zero-order valence-electron chi connectivity index (χ0n) is 18.3. The van der Waals surface area contributed by atoms with Crippen molar-refractivity contribution in [3.05, 3.63) is 83.9 Å². The minimum absolute atomic E-state index is 0.0972. The highest BCUT2D eigenvalue weighted by Crippen LogP contribution is 2.43. The fourth-order valence-electron chi connectivity index (χ4n) is 3.82. The zero-order valence-corrected chi connectivity index (χ0v) is 18.3. The minimum Gasteiger partial charge on any atom is -0.440 e. The number of rotatable bonds is 7. The van der Waals surface area contributed by atoms with E-state index in [1.54, 1.807) is 26.8 Å². The first kappa shape index (κ1) is 22.7. The summed E-state index contributed by atoms with van der Waals surface area (Å²) in [6.07, 6.45) is 1.10. The standard InChI is InChI=1S/C25H29NO5/c1-5-12-20(27)25(4,30-17-18-13-8-6-9-14-18)22(28)26-21(19-15-10-7-11-16-19)24(2,3)31-23(26)29/h5-16,20-21,27H,17H2,1-4H3/b12-5-/t20-,21-,25-/m1/s1. The molecule has 3 atom stereocenters. The molecule has 0 aliphatic carbocycles. The number of benzene rings is 2. The molecule has 2 amide bonds. The van der Waals surface area contributed by atoms with Gasteiger partial charge in [0.05, 0.1) is 6.61 Å². The fourth-order valence-corrected chi connectivity index (χ4v) is 3.82. The maximum absolute atomic E-state index is 13.8. The Morgan fingerprint density at radius 2 is 1.77 bits per heavy atom. The number of aliphatic hydroxyl groups excluding tert-OH is 1. The highest BCUT2D eigenvalue weighted by atomic mass is 16.6. The van der Waals surface area contributed by atoms with Crippen LogP contribution in [-0.2, 0) is 20.9 Å². The van der Waals surface area contributed by atoms with Crippen molar-refractivity contribution in [1.29, 1.82) is 0 Å². The quantitative estimate of drug-likeness (QED) is 0.668. The molecule has 6 nitrogen and oxygen atoms in total. The summed E-state index contributed by atoms with van der Waals surface area (Å²) in [5, 5.41) is 10.8. The van der Waals surface area contributed by atoms with Crippen LogP contribution in [0.1, 0.15) is 44.9 Å². The van der Waals surface area contributed by atoms with E-state index in [-0.39, 0.29) is 6.61 Å². The lowest BCUT2D eigenvalue weighted by Gasteiger charge is -2.36. The summed E-state index contributed by atoms with van der Waals surface area (Å²) in [7, 11) is 0. The zero-order chi connectivity index (χ0) is 22.6. The van der Waals surface area contributed by atoms with Crippen molar-refractivity contribution in [3.63, 3.8) is 0 Å². The van der Waals surface area contributed by atoms with Crippen LogP contribution >= 0.6 is 0 Å². The van der Waals surface area contributed by atoms with Gasteiger partial charge in [0.25, 0.3) is 5.91 Å². The van der Waals surface area contributed by atoms with Gasteiger partial charge in [0.15, 0.2) is 5.60 Å². The Morgan fingerprint density at radius 3 is 2.35 bits per heavy atom. The molecule has 0 unspecified atom stereocenters. The SMILES string of the molecule is C/C=C\[C@@H](O)[C@@](C)(OCc1ccccc1)C(=O)N1C(=O)OC(C)(C)[C@H]1c1ccccc1. The molecule has 3 rings (SSSR count). The first-order valence-electron chi connectivity index (χ1n) is 10.3. The van der Waals surface area contributed by atoms with Crippen molar-refractivity contribution in [2.45, 2.75) is 57.6 Å². The molecule has 1 N–H and O–H groups in total. The number of aliphatic hydroxyl groups is 1. The molecule has 31 heavy (non-hydrogen) atoms. The van der Waals surface area contributed by atoms with Gasteiger partial charge in [-0.3, -0.25) is 4.79 Å². The summed E-state index contributed by atoms with van der Waals surface area (Å²) in [6, 6.07) is 17.9. The second kappa shape index (κ2) is 9.04. The van der Waals surface area contributed by atoms with E-state index in [9.17, 15) is 14.7 Å². The number of ether oxygens (including phenoxy) is 2. The summed E-state index contributed by atoms with van der Waals surface area (Å²) < 4.78 is 11.6. The number of hydrogen-bond donors (Lipinski definition) is 1. The molecular weight excluding hydrogens is 394 g/mol. The van der Waals surface area contributed by atoms with Gasteiger partial charge in [0.1, 0.15) is 17.7 Å². The van der Waals surface area contributed by atoms with Crippen LogP contribution in [0.2, 0.25) is 0 Å². The normalized spacial score (nSPS) is 21.0. The van der Waals surface area contributed by atoms with Gasteiger partial charge in [-0.2, -0.15) is 0 Å². The number of imide groups is 1.